The lowest BCUT2D eigenvalue weighted by molar-refractivity contribution is -0.135. The van der Waals surface area contributed by atoms with Gasteiger partial charge in [-0.25, -0.2) is 4.79 Å². The summed E-state index contributed by atoms with van der Waals surface area (Å²) in [6, 6.07) is 0. The number of unbranched alkanes of at least 4 members (excludes halogenated alkanes) is 4. The maximum atomic E-state index is 11.0. The number of hydrogen-bond acceptors (Lipinski definition) is 2. The van der Waals surface area contributed by atoms with E-state index < -0.39 is 0 Å². The number of allylic oxidation sites excluding steroid dienone is 1. The van der Waals surface area contributed by atoms with Gasteiger partial charge in [-0.1, -0.05) is 32.3 Å². The smallest absolute Gasteiger partial charge is 0.333 e. The van der Waals surface area contributed by atoms with Crippen molar-refractivity contribution in [2.24, 2.45) is 0 Å². The fraction of sp³-hybridized carbons (Fsp3) is 0.727. The average Bonchev–Trinajstić information content (AvgIpc) is 2.52. The summed E-state index contributed by atoms with van der Waals surface area (Å²) in [5, 5.41) is 0. The van der Waals surface area contributed by atoms with Crippen molar-refractivity contribution in [1.82, 2.24) is 0 Å². The first-order valence-corrected chi connectivity index (χ1v) is 5.20. The Balaban J connectivity index is 2.12. The van der Waals surface area contributed by atoms with Gasteiger partial charge in [0.2, 0.25) is 0 Å². The van der Waals surface area contributed by atoms with Gasteiger partial charge in [-0.3, -0.25) is 0 Å². The number of carbonyl (C=O) groups excluding carboxylic acids is 1. The monoisotopic (exact) mass is 182 g/mol. The highest BCUT2D eigenvalue weighted by atomic mass is 16.5. The minimum atomic E-state index is -0.101. The van der Waals surface area contributed by atoms with Gasteiger partial charge in [0.05, 0.1) is 6.61 Å². The zero-order valence-electron chi connectivity index (χ0n) is 8.34. The molecule has 1 aliphatic heterocycles. The molecule has 2 heteroatoms. The molecule has 1 heterocycles. The van der Waals surface area contributed by atoms with Gasteiger partial charge >= 0.3 is 5.97 Å². The molecule has 0 saturated carbocycles. The fourth-order valence-electron chi connectivity index (χ4n) is 1.48. The molecule has 0 bridgehead atoms. The van der Waals surface area contributed by atoms with Gasteiger partial charge in [0, 0.05) is 12.0 Å². The summed E-state index contributed by atoms with van der Waals surface area (Å²) in [4.78, 5) is 11.0. The van der Waals surface area contributed by atoms with Crippen LogP contribution < -0.4 is 0 Å². The van der Waals surface area contributed by atoms with E-state index in [1.165, 1.54) is 25.7 Å². The third-order valence-corrected chi connectivity index (χ3v) is 2.32. The lowest BCUT2D eigenvalue weighted by Crippen LogP contribution is -1.94. The highest BCUT2D eigenvalue weighted by molar-refractivity contribution is 5.90. The van der Waals surface area contributed by atoms with Gasteiger partial charge in [-0.05, 0) is 12.8 Å². The Morgan fingerprint density at radius 3 is 2.85 bits per heavy atom. The van der Waals surface area contributed by atoms with Gasteiger partial charge in [0.1, 0.15) is 0 Å². The summed E-state index contributed by atoms with van der Waals surface area (Å²) in [5.74, 6) is -0.101. The number of ether oxygens (including phenoxy) is 1. The molecule has 13 heavy (non-hydrogen) atoms. The van der Waals surface area contributed by atoms with Crippen molar-refractivity contribution in [3.05, 3.63) is 11.6 Å². The predicted octanol–water partition coefficient (Wildman–Crippen LogP) is 2.83. The highest BCUT2D eigenvalue weighted by Crippen LogP contribution is 2.14. The Kier molecular flexibility index (Phi) is 4.58. The van der Waals surface area contributed by atoms with E-state index in [4.69, 9.17) is 4.74 Å². The number of esters is 1. The van der Waals surface area contributed by atoms with Crippen LogP contribution in [0.2, 0.25) is 0 Å². The standard InChI is InChI=1S/C11H18O2/c1-2-3-4-5-6-7-10-8-9-13-11(10)12/h7H,2-6,8-9H2,1H3/b10-7+. The zero-order valence-corrected chi connectivity index (χ0v) is 8.34. The van der Waals surface area contributed by atoms with Gasteiger partial charge < -0.3 is 4.74 Å². The van der Waals surface area contributed by atoms with Crippen molar-refractivity contribution in [2.45, 2.75) is 45.4 Å². The van der Waals surface area contributed by atoms with E-state index in [0.29, 0.717) is 6.61 Å². The fourth-order valence-corrected chi connectivity index (χ4v) is 1.48. The molecule has 0 atom stereocenters. The zero-order chi connectivity index (χ0) is 9.52. The molecule has 2 nitrogen and oxygen atoms in total. The molecule has 0 aliphatic carbocycles. The molecular weight excluding hydrogens is 164 g/mol. The van der Waals surface area contributed by atoms with Crippen molar-refractivity contribution in [2.75, 3.05) is 6.61 Å². The van der Waals surface area contributed by atoms with Crippen LogP contribution in [0.4, 0.5) is 0 Å². The highest BCUT2D eigenvalue weighted by Gasteiger charge is 2.17. The summed E-state index contributed by atoms with van der Waals surface area (Å²) in [6.07, 6.45) is 8.92. The molecule has 0 aromatic heterocycles. The Bertz CT molecular complexity index is 194. The molecule has 0 unspecified atom stereocenters. The lowest BCUT2D eigenvalue weighted by atomic mass is 10.1. The van der Waals surface area contributed by atoms with Crippen molar-refractivity contribution in [3.8, 4) is 0 Å². The van der Waals surface area contributed by atoms with Crippen molar-refractivity contribution >= 4 is 5.97 Å². The van der Waals surface area contributed by atoms with Gasteiger partial charge in [0.15, 0.2) is 0 Å². The van der Waals surface area contributed by atoms with E-state index >= 15 is 0 Å². The summed E-state index contributed by atoms with van der Waals surface area (Å²) in [7, 11) is 0. The molecule has 74 valence electrons. The number of cyclic esters (lactones) is 1. The van der Waals surface area contributed by atoms with E-state index in [9.17, 15) is 4.79 Å². The molecule has 1 fully saturated rings. The first kappa shape index (κ1) is 10.3. The topological polar surface area (TPSA) is 26.3 Å². The second-order valence-electron chi connectivity index (χ2n) is 3.46. The normalized spacial score (nSPS) is 19.5. The van der Waals surface area contributed by atoms with E-state index in [1.807, 2.05) is 6.08 Å². The molecule has 0 amide bonds. The second-order valence-corrected chi connectivity index (χ2v) is 3.46. The number of rotatable bonds is 5. The molecule has 1 aliphatic rings. The van der Waals surface area contributed by atoms with Crippen molar-refractivity contribution in [3.63, 3.8) is 0 Å². The predicted molar refractivity (Wildman–Crippen MR) is 52.4 cm³/mol. The largest absolute Gasteiger partial charge is 0.462 e. The average molecular weight is 182 g/mol. The maximum Gasteiger partial charge on any atom is 0.333 e. The van der Waals surface area contributed by atoms with E-state index in [-0.39, 0.29) is 5.97 Å². The first-order chi connectivity index (χ1) is 6.34. The maximum absolute atomic E-state index is 11.0. The Morgan fingerprint density at radius 1 is 1.38 bits per heavy atom. The molecule has 0 N–H and O–H groups in total. The SMILES string of the molecule is CCCCCC/C=C1\CCOC1=O. The van der Waals surface area contributed by atoms with E-state index in [0.717, 1.165) is 18.4 Å². The molecule has 1 saturated heterocycles. The second kappa shape index (κ2) is 5.79. The molecule has 0 spiro atoms. The Morgan fingerprint density at radius 2 is 2.23 bits per heavy atom. The van der Waals surface area contributed by atoms with Gasteiger partial charge in [-0.2, -0.15) is 0 Å². The van der Waals surface area contributed by atoms with E-state index in [1.54, 1.807) is 0 Å². The van der Waals surface area contributed by atoms with Crippen LogP contribution in [0.1, 0.15) is 45.4 Å². The van der Waals surface area contributed by atoms with E-state index in [2.05, 4.69) is 6.92 Å². The van der Waals surface area contributed by atoms with Crippen LogP contribution >= 0.6 is 0 Å². The first-order valence-electron chi connectivity index (χ1n) is 5.20. The minimum absolute atomic E-state index is 0.101. The summed E-state index contributed by atoms with van der Waals surface area (Å²) < 4.78 is 4.84. The van der Waals surface area contributed by atoms with Crippen LogP contribution in [0, 0.1) is 0 Å². The Labute approximate surface area is 80.0 Å². The summed E-state index contributed by atoms with van der Waals surface area (Å²) in [5.41, 5.74) is 0.886. The quantitative estimate of drug-likeness (QED) is 0.371. The van der Waals surface area contributed by atoms with Crippen LogP contribution in [-0.2, 0) is 9.53 Å². The van der Waals surface area contributed by atoms with Crippen molar-refractivity contribution in [1.29, 1.82) is 0 Å². The number of hydrogen-bond donors (Lipinski definition) is 0. The molecule has 1 rings (SSSR count). The lowest BCUT2D eigenvalue weighted by Gasteiger charge is -1.95. The van der Waals surface area contributed by atoms with Crippen LogP contribution in [-0.4, -0.2) is 12.6 Å². The number of carbonyl (C=O) groups is 1. The van der Waals surface area contributed by atoms with Crippen LogP contribution in [0.5, 0.6) is 0 Å². The summed E-state index contributed by atoms with van der Waals surface area (Å²) in [6.45, 7) is 2.78. The molecular formula is C11H18O2. The molecule has 0 aromatic rings. The van der Waals surface area contributed by atoms with Crippen LogP contribution in [0.25, 0.3) is 0 Å². The van der Waals surface area contributed by atoms with Crippen molar-refractivity contribution < 1.29 is 9.53 Å². The molecule has 0 aromatic carbocycles. The Hall–Kier alpha value is -0.790. The third-order valence-electron chi connectivity index (χ3n) is 2.32. The minimum Gasteiger partial charge on any atom is -0.462 e. The van der Waals surface area contributed by atoms with Gasteiger partial charge in [0.25, 0.3) is 0 Å². The van der Waals surface area contributed by atoms with Gasteiger partial charge in [-0.15, -0.1) is 0 Å². The van der Waals surface area contributed by atoms with Crippen LogP contribution in [0.15, 0.2) is 11.6 Å². The third kappa shape index (κ3) is 3.62. The summed E-state index contributed by atoms with van der Waals surface area (Å²) >= 11 is 0. The van der Waals surface area contributed by atoms with Crippen LogP contribution in [0.3, 0.4) is 0 Å². The molecule has 0 radical (unpaired) electrons.